The van der Waals surface area contributed by atoms with E-state index >= 15 is 0 Å². The van der Waals surface area contributed by atoms with Gasteiger partial charge in [-0.3, -0.25) is 9.48 Å². The molecule has 5 heterocycles. The summed E-state index contributed by atoms with van der Waals surface area (Å²) >= 11 is 0. The zero-order chi connectivity index (χ0) is 24.2. The summed E-state index contributed by atoms with van der Waals surface area (Å²) in [6.07, 6.45) is 6.20. The minimum absolute atomic E-state index is 0.131. The quantitative estimate of drug-likeness (QED) is 0.445. The summed E-state index contributed by atoms with van der Waals surface area (Å²) in [5, 5.41) is 14.7. The van der Waals surface area contributed by atoms with E-state index in [9.17, 15) is 13.6 Å². The van der Waals surface area contributed by atoms with E-state index in [4.69, 9.17) is 14.2 Å². The number of anilines is 2. The Bertz CT molecular complexity index is 1450. The summed E-state index contributed by atoms with van der Waals surface area (Å²) in [7, 11) is 1.66. The largest absolute Gasteiger partial charge is 0.489 e. The van der Waals surface area contributed by atoms with E-state index in [1.165, 1.54) is 21.5 Å². The molecular formula is C22H19F2N7O4. The van der Waals surface area contributed by atoms with Gasteiger partial charge >= 0.3 is 6.61 Å². The number of amides is 1. The number of fused-ring (bicyclic) bond motifs is 2. The van der Waals surface area contributed by atoms with Gasteiger partial charge < -0.3 is 24.8 Å². The molecule has 1 spiro atoms. The summed E-state index contributed by atoms with van der Waals surface area (Å²) < 4.78 is 45.4. The zero-order valence-electron chi connectivity index (χ0n) is 18.4. The molecule has 6 rings (SSSR count). The third-order valence-corrected chi connectivity index (χ3v) is 5.81. The Morgan fingerprint density at radius 3 is 2.94 bits per heavy atom. The van der Waals surface area contributed by atoms with Crippen LogP contribution in [-0.4, -0.2) is 62.3 Å². The number of hydrogen-bond donors (Lipinski definition) is 2. The standard InChI is InChI=1S/C22H19F2N7O4/c1-30-8-15(27-20(32)13-7-26-31-4-2-3-25-19(13)31)18(29-30)12-5-14-17(6-16(12)35-21(23)24)34-11-22(28-14)9-33-10-22/h2-8,21,28H,9-11H2,1H3,(H,27,32). The number of ether oxygens (including phenoxy) is 3. The zero-order valence-corrected chi connectivity index (χ0v) is 18.4. The van der Waals surface area contributed by atoms with E-state index in [0.717, 1.165) is 0 Å². The molecule has 0 bridgehead atoms. The van der Waals surface area contributed by atoms with Gasteiger partial charge in [0.1, 0.15) is 34.9 Å². The van der Waals surface area contributed by atoms with Gasteiger partial charge in [-0.05, 0) is 12.1 Å². The van der Waals surface area contributed by atoms with Crippen molar-refractivity contribution in [1.82, 2.24) is 24.4 Å². The fraction of sp³-hybridized carbons (Fsp3) is 0.273. The van der Waals surface area contributed by atoms with Crippen molar-refractivity contribution in [3.05, 3.63) is 48.5 Å². The lowest BCUT2D eigenvalue weighted by Crippen LogP contribution is -2.61. The normalized spacial score (nSPS) is 15.9. The fourth-order valence-corrected chi connectivity index (χ4v) is 4.15. The van der Waals surface area contributed by atoms with Crippen molar-refractivity contribution < 1.29 is 27.8 Å². The molecule has 1 saturated heterocycles. The Morgan fingerprint density at radius 2 is 2.17 bits per heavy atom. The molecule has 1 fully saturated rings. The number of aromatic nitrogens is 5. The lowest BCUT2D eigenvalue weighted by atomic mass is 9.95. The molecule has 0 aliphatic carbocycles. The van der Waals surface area contributed by atoms with E-state index in [1.807, 2.05) is 0 Å². The first kappa shape index (κ1) is 21.3. The average Bonchev–Trinajstić information content (AvgIpc) is 3.40. The predicted octanol–water partition coefficient (Wildman–Crippen LogP) is 2.56. The summed E-state index contributed by atoms with van der Waals surface area (Å²) in [5.74, 6) is -0.233. The van der Waals surface area contributed by atoms with Crippen LogP contribution in [0.3, 0.4) is 0 Å². The smallest absolute Gasteiger partial charge is 0.387 e. The lowest BCUT2D eigenvalue weighted by molar-refractivity contribution is -0.0648. The summed E-state index contributed by atoms with van der Waals surface area (Å²) in [6, 6.07) is 4.71. The van der Waals surface area contributed by atoms with Crippen LogP contribution in [0, 0.1) is 0 Å². The summed E-state index contributed by atoms with van der Waals surface area (Å²) in [5.41, 5.74) is 1.64. The first-order chi connectivity index (χ1) is 16.9. The Hall–Kier alpha value is -4.26. The second-order valence-electron chi connectivity index (χ2n) is 8.38. The molecule has 13 heteroatoms. The summed E-state index contributed by atoms with van der Waals surface area (Å²) in [4.78, 5) is 17.3. The molecule has 35 heavy (non-hydrogen) atoms. The van der Waals surface area contributed by atoms with E-state index in [-0.39, 0.29) is 28.1 Å². The molecule has 0 radical (unpaired) electrons. The van der Waals surface area contributed by atoms with Crippen molar-refractivity contribution in [2.24, 2.45) is 7.05 Å². The second kappa shape index (κ2) is 7.91. The molecule has 0 saturated carbocycles. The third-order valence-electron chi connectivity index (χ3n) is 5.81. The van der Waals surface area contributed by atoms with Gasteiger partial charge in [-0.2, -0.15) is 19.0 Å². The summed E-state index contributed by atoms with van der Waals surface area (Å²) in [6.45, 7) is -1.79. The molecule has 0 unspecified atom stereocenters. The average molecular weight is 483 g/mol. The minimum Gasteiger partial charge on any atom is -0.489 e. The van der Waals surface area contributed by atoms with E-state index in [0.29, 0.717) is 42.6 Å². The number of carbonyl (C=O) groups excluding carboxylic acids is 1. The first-order valence-electron chi connectivity index (χ1n) is 10.7. The topological polar surface area (TPSA) is 117 Å². The van der Waals surface area contributed by atoms with Gasteiger partial charge in [-0.1, -0.05) is 0 Å². The fourth-order valence-electron chi connectivity index (χ4n) is 4.15. The highest BCUT2D eigenvalue weighted by atomic mass is 19.3. The van der Waals surface area contributed by atoms with Gasteiger partial charge in [0, 0.05) is 37.3 Å². The van der Waals surface area contributed by atoms with Crippen LogP contribution in [0.2, 0.25) is 0 Å². The van der Waals surface area contributed by atoms with Crippen molar-refractivity contribution >= 4 is 22.9 Å². The van der Waals surface area contributed by atoms with Gasteiger partial charge in [0.05, 0.1) is 30.8 Å². The molecule has 2 aliphatic rings. The second-order valence-corrected chi connectivity index (χ2v) is 8.38. The Labute approximate surface area is 196 Å². The highest BCUT2D eigenvalue weighted by Crippen LogP contribution is 2.45. The Morgan fingerprint density at radius 1 is 1.31 bits per heavy atom. The van der Waals surface area contributed by atoms with Crippen LogP contribution in [0.1, 0.15) is 10.4 Å². The monoisotopic (exact) mass is 483 g/mol. The number of benzene rings is 1. The molecule has 2 aliphatic heterocycles. The van der Waals surface area contributed by atoms with Crippen LogP contribution in [0.5, 0.6) is 11.5 Å². The number of aryl methyl sites for hydroxylation is 1. The van der Waals surface area contributed by atoms with Crippen molar-refractivity contribution in [3.63, 3.8) is 0 Å². The number of alkyl halides is 2. The third kappa shape index (κ3) is 3.69. The Balaban J connectivity index is 1.39. The number of hydrogen-bond acceptors (Lipinski definition) is 8. The maximum atomic E-state index is 13.3. The van der Waals surface area contributed by atoms with Crippen molar-refractivity contribution in [3.8, 4) is 22.8 Å². The Kier molecular flexibility index (Phi) is 4.81. The van der Waals surface area contributed by atoms with Crippen LogP contribution >= 0.6 is 0 Å². The van der Waals surface area contributed by atoms with E-state index in [1.54, 1.807) is 37.8 Å². The van der Waals surface area contributed by atoms with Crippen molar-refractivity contribution in [2.45, 2.75) is 12.2 Å². The molecule has 4 aromatic rings. The van der Waals surface area contributed by atoms with Crippen LogP contribution in [0.15, 0.2) is 43.0 Å². The number of carbonyl (C=O) groups is 1. The van der Waals surface area contributed by atoms with Crippen LogP contribution < -0.4 is 20.1 Å². The van der Waals surface area contributed by atoms with E-state index < -0.39 is 12.5 Å². The van der Waals surface area contributed by atoms with Crippen LogP contribution in [-0.2, 0) is 11.8 Å². The molecule has 1 aromatic carbocycles. The van der Waals surface area contributed by atoms with Gasteiger partial charge in [-0.15, -0.1) is 0 Å². The molecule has 1 amide bonds. The maximum absolute atomic E-state index is 13.3. The number of nitrogens with one attached hydrogen (secondary N) is 2. The number of nitrogens with zero attached hydrogens (tertiary/aromatic N) is 5. The lowest BCUT2D eigenvalue weighted by Gasteiger charge is -2.45. The van der Waals surface area contributed by atoms with Gasteiger partial charge in [0.25, 0.3) is 5.91 Å². The molecular weight excluding hydrogens is 464 g/mol. The van der Waals surface area contributed by atoms with Crippen molar-refractivity contribution in [2.75, 3.05) is 30.5 Å². The number of rotatable bonds is 5. The van der Waals surface area contributed by atoms with Crippen LogP contribution in [0.4, 0.5) is 20.2 Å². The molecule has 0 atom stereocenters. The van der Waals surface area contributed by atoms with Gasteiger partial charge in [0.2, 0.25) is 0 Å². The van der Waals surface area contributed by atoms with Crippen LogP contribution in [0.25, 0.3) is 16.9 Å². The van der Waals surface area contributed by atoms with E-state index in [2.05, 4.69) is 25.8 Å². The molecule has 180 valence electrons. The molecule has 11 nitrogen and oxygen atoms in total. The predicted molar refractivity (Wildman–Crippen MR) is 119 cm³/mol. The maximum Gasteiger partial charge on any atom is 0.387 e. The molecule has 2 N–H and O–H groups in total. The highest BCUT2D eigenvalue weighted by Gasteiger charge is 2.43. The first-order valence-corrected chi connectivity index (χ1v) is 10.7. The van der Waals surface area contributed by atoms with Gasteiger partial charge in [0.15, 0.2) is 5.65 Å². The minimum atomic E-state index is -3.07. The van der Waals surface area contributed by atoms with Gasteiger partial charge in [-0.25, -0.2) is 9.50 Å². The highest BCUT2D eigenvalue weighted by molar-refractivity contribution is 6.09. The molecule has 3 aromatic heterocycles. The SMILES string of the molecule is Cn1cc(NC(=O)c2cnn3cccnc23)c(-c2cc3c(cc2OC(F)F)OCC2(COC2)N3)n1. The number of halogens is 2. The van der Waals surface area contributed by atoms with Crippen molar-refractivity contribution in [1.29, 1.82) is 0 Å².